The van der Waals surface area contributed by atoms with Gasteiger partial charge >= 0.3 is 0 Å². The average molecular weight is 228 g/mol. The van der Waals surface area contributed by atoms with E-state index in [1.807, 2.05) is 24.6 Å². The molecule has 1 N–H and O–H groups in total. The summed E-state index contributed by atoms with van der Waals surface area (Å²) < 4.78 is 1.87. The monoisotopic (exact) mass is 227 g/mol. The Labute approximate surface area is 94.3 Å². The van der Waals surface area contributed by atoms with Crippen LogP contribution in [0, 0.1) is 6.92 Å². The van der Waals surface area contributed by atoms with Crippen LogP contribution in [0.4, 0.5) is 0 Å². The van der Waals surface area contributed by atoms with Crippen molar-refractivity contribution in [3.05, 3.63) is 23.5 Å². The number of halogens is 1. The van der Waals surface area contributed by atoms with Gasteiger partial charge in [0.15, 0.2) is 5.65 Å². The maximum Gasteiger partial charge on any atom is 0.157 e. The van der Waals surface area contributed by atoms with Gasteiger partial charge in [0.1, 0.15) is 0 Å². The third kappa shape index (κ3) is 1.96. The fourth-order valence-corrected chi connectivity index (χ4v) is 1.56. The van der Waals surface area contributed by atoms with E-state index in [1.54, 1.807) is 6.20 Å². The van der Waals surface area contributed by atoms with Crippen LogP contribution >= 0.6 is 12.4 Å². The Morgan fingerprint density at radius 2 is 2.20 bits per heavy atom. The van der Waals surface area contributed by atoms with Gasteiger partial charge in [0, 0.05) is 18.1 Å². The quantitative estimate of drug-likeness (QED) is 0.849. The number of nitrogens with zero attached hydrogens (tertiary/aromatic N) is 3. The van der Waals surface area contributed by atoms with Crippen LogP contribution in [0.25, 0.3) is 11.0 Å². The Balaban J connectivity index is 0.00000112. The first-order valence-corrected chi connectivity index (χ1v) is 4.69. The van der Waals surface area contributed by atoms with Crippen LogP contribution < -0.4 is 0 Å². The van der Waals surface area contributed by atoms with Crippen LogP contribution in [-0.2, 0) is 13.2 Å². The maximum atomic E-state index is 8.98. The third-order valence-corrected chi connectivity index (χ3v) is 2.31. The number of aryl methyl sites for hydroxylation is 2. The van der Waals surface area contributed by atoms with E-state index in [2.05, 4.69) is 10.1 Å². The molecule has 2 aromatic rings. The predicted octanol–water partition coefficient (Wildman–Crippen LogP) is 1.67. The number of aliphatic hydroxyl groups excluding tert-OH is 1. The molecule has 0 amide bonds. The van der Waals surface area contributed by atoms with Crippen LogP contribution in [-0.4, -0.2) is 19.9 Å². The predicted molar refractivity (Wildman–Crippen MR) is 61.1 cm³/mol. The van der Waals surface area contributed by atoms with E-state index in [9.17, 15) is 0 Å². The van der Waals surface area contributed by atoms with Crippen molar-refractivity contribution in [2.45, 2.75) is 27.0 Å². The molecule has 0 saturated carbocycles. The van der Waals surface area contributed by atoms with Gasteiger partial charge in [-0.2, -0.15) is 5.10 Å². The fourth-order valence-electron chi connectivity index (χ4n) is 1.56. The van der Waals surface area contributed by atoms with Gasteiger partial charge in [0.25, 0.3) is 0 Å². The normalized spacial score (nSPS) is 10.3. The van der Waals surface area contributed by atoms with Crippen molar-refractivity contribution in [1.29, 1.82) is 0 Å². The summed E-state index contributed by atoms with van der Waals surface area (Å²) in [4.78, 5) is 4.28. The summed E-state index contributed by atoms with van der Waals surface area (Å²) in [6, 6.07) is 1.94. The SMILES string of the molecule is CCn1nc(C)c2cc(CO)cnc21.Cl. The molecule has 0 aliphatic carbocycles. The van der Waals surface area contributed by atoms with Gasteiger partial charge in [-0.25, -0.2) is 9.67 Å². The number of aromatic nitrogens is 3. The molecular weight excluding hydrogens is 214 g/mol. The lowest BCUT2D eigenvalue weighted by atomic mass is 10.2. The molecule has 2 heterocycles. The van der Waals surface area contributed by atoms with Gasteiger partial charge in [-0.1, -0.05) is 0 Å². The molecule has 0 fully saturated rings. The van der Waals surface area contributed by atoms with Gasteiger partial charge in [0.05, 0.1) is 12.3 Å². The highest BCUT2D eigenvalue weighted by atomic mass is 35.5. The van der Waals surface area contributed by atoms with Gasteiger partial charge < -0.3 is 5.11 Å². The van der Waals surface area contributed by atoms with Crippen LogP contribution in [0.2, 0.25) is 0 Å². The van der Waals surface area contributed by atoms with Gasteiger partial charge in [-0.3, -0.25) is 0 Å². The Bertz CT molecular complexity index is 467. The number of rotatable bonds is 2. The van der Waals surface area contributed by atoms with Crippen molar-refractivity contribution >= 4 is 23.4 Å². The van der Waals surface area contributed by atoms with E-state index in [0.717, 1.165) is 28.8 Å². The van der Waals surface area contributed by atoms with Crippen molar-refractivity contribution < 1.29 is 5.11 Å². The highest BCUT2D eigenvalue weighted by molar-refractivity contribution is 5.85. The van der Waals surface area contributed by atoms with Crippen molar-refractivity contribution in [2.24, 2.45) is 0 Å². The lowest BCUT2D eigenvalue weighted by Crippen LogP contribution is -1.97. The van der Waals surface area contributed by atoms with Crippen molar-refractivity contribution in [3.8, 4) is 0 Å². The molecule has 2 aromatic heterocycles. The second-order valence-electron chi connectivity index (χ2n) is 3.27. The summed E-state index contributed by atoms with van der Waals surface area (Å²) in [5.74, 6) is 0. The zero-order chi connectivity index (χ0) is 10.1. The molecule has 0 aromatic carbocycles. The van der Waals surface area contributed by atoms with Gasteiger partial charge in [0.2, 0.25) is 0 Å². The molecule has 4 nitrogen and oxygen atoms in total. The molecule has 0 saturated heterocycles. The lowest BCUT2D eigenvalue weighted by molar-refractivity contribution is 0.281. The third-order valence-electron chi connectivity index (χ3n) is 2.31. The molecule has 0 radical (unpaired) electrons. The summed E-state index contributed by atoms with van der Waals surface area (Å²) >= 11 is 0. The Kier molecular flexibility index (Phi) is 3.66. The molecule has 0 bridgehead atoms. The Morgan fingerprint density at radius 3 is 2.80 bits per heavy atom. The van der Waals surface area contributed by atoms with E-state index < -0.39 is 0 Å². The maximum absolute atomic E-state index is 8.98. The topological polar surface area (TPSA) is 50.9 Å². The highest BCUT2D eigenvalue weighted by Crippen LogP contribution is 2.17. The summed E-state index contributed by atoms with van der Waals surface area (Å²) in [6.07, 6.45) is 1.69. The molecule has 0 unspecified atom stereocenters. The van der Waals surface area contributed by atoms with E-state index in [0.29, 0.717) is 0 Å². The van der Waals surface area contributed by atoms with Gasteiger partial charge in [-0.15, -0.1) is 12.4 Å². The Hall–Kier alpha value is -1.13. The first-order valence-electron chi connectivity index (χ1n) is 4.69. The molecule has 0 aliphatic rings. The average Bonchev–Trinajstić information content (AvgIpc) is 2.55. The largest absolute Gasteiger partial charge is 0.392 e. The molecule has 5 heteroatoms. The van der Waals surface area contributed by atoms with E-state index in [-0.39, 0.29) is 19.0 Å². The second kappa shape index (κ2) is 4.59. The number of pyridine rings is 1. The lowest BCUT2D eigenvalue weighted by Gasteiger charge is -1.98. The number of hydrogen-bond acceptors (Lipinski definition) is 3. The Morgan fingerprint density at radius 1 is 1.47 bits per heavy atom. The van der Waals surface area contributed by atoms with E-state index in [1.165, 1.54) is 0 Å². The van der Waals surface area contributed by atoms with Crippen molar-refractivity contribution in [3.63, 3.8) is 0 Å². The zero-order valence-corrected chi connectivity index (χ0v) is 9.58. The molecular formula is C10H14ClN3O. The molecule has 0 aliphatic heterocycles. The summed E-state index contributed by atoms with van der Waals surface area (Å²) in [5.41, 5.74) is 2.68. The first kappa shape index (κ1) is 11.9. The minimum Gasteiger partial charge on any atom is -0.392 e. The zero-order valence-electron chi connectivity index (χ0n) is 8.77. The van der Waals surface area contributed by atoms with Crippen molar-refractivity contribution in [2.75, 3.05) is 0 Å². The minimum atomic E-state index is 0. The number of aliphatic hydroxyl groups is 1. The molecule has 2 rings (SSSR count). The highest BCUT2D eigenvalue weighted by Gasteiger charge is 2.07. The van der Waals surface area contributed by atoms with Crippen LogP contribution in [0.5, 0.6) is 0 Å². The van der Waals surface area contributed by atoms with Crippen molar-refractivity contribution in [1.82, 2.24) is 14.8 Å². The van der Waals surface area contributed by atoms with Crippen LogP contribution in [0.1, 0.15) is 18.2 Å². The second-order valence-corrected chi connectivity index (χ2v) is 3.27. The number of hydrogen-bond donors (Lipinski definition) is 1. The standard InChI is InChI=1S/C10H13N3O.ClH/c1-3-13-10-9(7(2)12-13)4-8(6-14)5-11-10;/h4-5,14H,3,6H2,1-2H3;1H. The van der Waals surface area contributed by atoms with E-state index in [4.69, 9.17) is 5.11 Å². The molecule has 0 spiro atoms. The molecule has 15 heavy (non-hydrogen) atoms. The first-order chi connectivity index (χ1) is 6.76. The van der Waals surface area contributed by atoms with Crippen LogP contribution in [0.3, 0.4) is 0 Å². The summed E-state index contributed by atoms with van der Waals surface area (Å²) in [5, 5.41) is 14.4. The summed E-state index contributed by atoms with van der Waals surface area (Å²) in [7, 11) is 0. The smallest absolute Gasteiger partial charge is 0.157 e. The van der Waals surface area contributed by atoms with Gasteiger partial charge in [-0.05, 0) is 25.5 Å². The molecule has 82 valence electrons. The summed E-state index contributed by atoms with van der Waals surface area (Å²) in [6.45, 7) is 4.83. The van der Waals surface area contributed by atoms with Crippen LogP contribution in [0.15, 0.2) is 12.3 Å². The fraction of sp³-hybridized carbons (Fsp3) is 0.400. The minimum absolute atomic E-state index is 0. The number of fused-ring (bicyclic) bond motifs is 1. The van der Waals surface area contributed by atoms with E-state index >= 15 is 0 Å². The molecule has 0 atom stereocenters.